The van der Waals surface area contributed by atoms with Crippen molar-refractivity contribution in [2.24, 2.45) is 0 Å². The first-order valence-electron chi connectivity index (χ1n) is 3.01. The van der Waals surface area contributed by atoms with E-state index in [0.717, 1.165) is 12.8 Å². The van der Waals surface area contributed by atoms with Crippen LogP contribution in [0.5, 0.6) is 0 Å². The van der Waals surface area contributed by atoms with Crippen LogP contribution in [0.1, 0.15) is 32.6 Å². The number of rotatable bonds is 4. The molecule has 1 radical (unpaired) electrons. The van der Waals surface area contributed by atoms with Gasteiger partial charge in [-0.1, -0.05) is 32.0 Å². The molecule has 0 rings (SSSR count). The Bertz CT molecular complexity index is 70.9. The highest BCUT2D eigenvalue weighted by Gasteiger charge is 1.87. The summed E-state index contributed by atoms with van der Waals surface area (Å²) in [6.45, 7) is 2.15. The number of thiocarbonyl (C=S) groups is 1. The molecule has 0 amide bonds. The van der Waals surface area contributed by atoms with Crippen LogP contribution in [0.25, 0.3) is 0 Å². The molecular weight excluding hydrogens is 118 g/mol. The maximum absolute atomic E-state index is 6.89. The summed E-state index contributed by atoms with van der Waals surface area (Å²) in [6, 6.07) is 0. The zero-order valence-electron chi connectivity index (χ0n) is 5.24. The van der Waals surface area contributed by atoms with E-state index in [0.29, 0.717) is 4.99 Å². The highest BCUT2D eigenvalue weighted by atomic mass is 32.1. The van der Waals surface area contributed by atoms with Gasteiger partial charge in [0.1, 0.15) is 0 Å². The van der Waals surface area contributed by atoms with Crippen LogP contribution in [0.4, 0.5) is 0 Å². The Kier molecular flexibility index (Phi) is 4.97. The largest absolute Gasteiger partial charge is 0.294 e. The van der Waals surface area contributed by atoms with Crippen molar-refractivity contribution in [3.8, 4) is 0 Å². The summed E-state index contributed by atoms with van der Waals surface area (Å²) < 4.78 is 0. The van der Waals surface area contributed by atoms with Gasteiger partial charge in [0.25, 0.3) is 0 Å². The Balaban J connectivity index is 2.82. The molecule has 1 N–H and O–H groups in total. The lowest BCUT2D eigenvalue weighted by molar-refractivity contribution is 0.742. The summed E-state index contributed by atoms with van der Waals surface area (Å²) in [5.41, 5.74) is 6.89. The van der Waals surface area contributed by atoms with Crippen molar-refractivity contribution < 1.29 is 0 Å². The first-order valence-corrected chi connectivity index (χ1v) is 3.42. The van der Waals surface area contributed by atoms with Crippen LogP contribution >= 0.6 is 12.2 Å². The van der Waals surface area contributed by atoms with Crippen molar-refractivity contribution >= 4 is 17.2 Å². The minimum atomic E-state index is 0.401. The van der Waals surface area contributed by atoms with Crippen LogP contribution in [0.15, 0.2) is 0 Å². The number of hydrogen-bond acceptors (Lipinski definition) is 1. The van der Waals surface area contributed by atoms with E-state index in [1.165, 1.54) is 12.8 Å². The summed E-state index contributed by atoms with van der Waals surface area (Å²) in [5, 5.41) is 0. The lowest BCUT2D eigenvalue weighted by Crippen LogP contribution is -1.92. The monoisotopic (exact) mass is 130 g/mol. The smallest absolute Gasteiger partial charge is 0.0939 e. The zero-order chi connectivity index (χ0) is 6.41. The van der Waals surface area contributed by atoms with Gasteiger partial charge in [-0.25, -0.2) is 0 Å². The topological polar surface area (TPSA) is 23.8 Å². The van der Waals surface area contributed by atoms with Gasteiger partial charge in [0.15, 0.2) is 0 Å². The molecule has 0 unspecified atom stereocenters. The molecule has 0 aliphatic rings. The van der Waals surface area contributed by atoms with E-state index >= 15 is 0 Å². The maximum Gasteiger partial charge on any atom is 0.0939 e. The summed E-state index contributed by atoms with van der Waals surface area (Å²) in [5.74, 6) is 0. The Morgan fingerprint density at radius 1 is 1.50 bits per heavy atom. The van der Waals surface area contributed by atoms with Gasteiger partial charge in [0.2, 0.25) is 0 Å². The first-order chi connectivity index (χ1) is 3.77. The SMILES string of the molecule is CCCCCC([NH])=S. The first kappa shape index (κ1) is 7.89. The van der Waals surface area contributed by atoms with Gasteiger partial charge < -0.3 is 0 Å². The van der Waals surface area contributed by atoms with Gasteiger partial charge in [-0.2, -0.15) is 0 Å². The molecule has 0 spiro atoms. The second-order valence-corrected chi connectivity index (χ2v) is 2.37. The molecule has 0 aromatic rings. The zero-order valence-corrected chi connectivity index (χ0v) is 6.05. The van der Waals surface area contributed by atoms with Crippen molar-refractivity contribution in [1.29, 1.82) is 0 Å². The molecule has 2 heteroatoms. The average Bonchev–Trinajstić information content (AvgIpc) is 1.66. The van der Waals surface area contributed by atoms with E-state index in [1.54, 1.807) is 0 Å². The number of unbranched alkanes of at least 4 members (excludes halogenated alkanes) is 2. The van der Waals surface area contributed by atoms with E-state index in [2.05, 4.69) is 19.1 Å². The second kappa shape index (κ2) is 5.04. The molecule has 0 aliphatic heterocycles. The number of hydrogen-bond donors (Lipinski definition) is 0. The van der Waals surface area contributed by atoms with Gasteiger partial charge in [0, 0.05) is 0 Å². The average molecular weight is 130 g/mol. The molecule has 0 heterocycles. The van der Waals surface area contributed by atoms with Crippen LogP contribution in [-0.4, -0.2) is 4.99 Å². The Hall–Kier alpha value is -0.110. The summed E-state index contributed by atoms with van der Waals surface area (Å²) in [6.07, 6.45) is 4.32. The predicted molar refractivity (Wildman–Crippen MR) is 39.8 cm³/mol. The van der Waals surface area contributed by atoms with Gasteiger partial charge in [-0.05, 0) is 12.8 Å². The van der Waals surface area contributed by atoms with Crippen molar-refractivity contribution in [1.82, 2.24) is 5.73 Å². The Morgan fingerprint density at radius 2 is 2.12 bits per heavy atom. The minimum Gasteiger partial charge on any atom is -0.294 e. The van der Waals surface area contributed by atoms with Crippen molar-refractivity contribution in [2.75, 3.05) is 0 Å². The van der Waals surface area contributed by atoms with Crippen molar-refractivity contribution in [3.63, 3.8) is 0 Å². The van der Waals surface area contributed by atoms with Crippen molar-refractivity contribution in [3.05, 3.63) is 0 Å². The van der Waals surface area contributed by atoms with Crippen LogP contribution in [0, 0.1) is 0 Å². The molecule has 1 nitrogen and oxygen atoms in total. The predicted octanol–water partition coefficient (Wildman–Crippen LogP) is 2.18. The standard InChI is InChI=1S/C6H12NS/c1-2-3-4-5-6(7)8/h7H,2-5H2,1H3. The van der Waals surface area contributed by atoms with E-state index in [1.807, 2.05) is 0 Å². The van der Waals surface area contributed by atoms with E-state index < -0.39 is 0 Å². The molecule has 0 saturated heterocycles. The van der Waals surface area contributed by atoms with E-state index in [9.17, 15) is 0 Å². The lowest BCUT2D eigenvalue weighted by Gasteiger charge is -1.92. The van der Waals surface area contributed by atoms with Crippen LogP contribution in [0.2, 0.25) is 0 Å². The Labute approximate surface area is 56.3 Å². The molecule has 47 valence electrons. The Morgan fingerprint density at radius 3 is 2.50 bits per heavy atom. The lowest BCUT2D eigenvalue weighted by atomic mass is 10.2. The van der Waals surface area contributed by atoms with Gasteiger partial charge in [-0.3, -0.25) is 5.73 Å². The summed E-state index contributed by atoms with van der Waals surface area (Å²) in [4.78, 5) is 0.401. The third-order valence-electron chi connectivity index (χ3n) is 1.01. The molecule has 0 fully saturated rings. The van der Waals surface area contributed by atoms with E-state index in [-0.39, 0.29) is 0 Å². The van der Waals surface area contributed by atoms with E-state index in [4.69, 9.17) is 5.73 Å². The normalized spacial score (nSPS) is 9.12. The molecule has 0 atom stereocenters. The highest BCUT2D eigenvalue weighted by Crippen LogP contribution is 1.98. The van der Waals surface area contributed by atoms with Gasteiger partial charge in [-0.15, -0.1) is 0 Å². The quantitative estimate of drug-likeness (QED) is 0.422. The van der Waals surface area contributed by atoms with Gasteiger partial charge in [0.05, 0.1) is 4.99 Å². The molecule has 0 aliphatic carbocycles. The fourth-order valence-electron chi connectivity index (χ4n) is 0.536. The maximum atomic E-state index is 6.89. The van der Waals surface area contributed by atoms with Crippen LogP contribution in [0.3, 0.4) is 0 Å². The molecule has 8 heavy (non-hydrogen) atoms. The molecular formula is C6H12NS. The van der Waals surface area contributed by atoms with Crippen LogP contribution in [-0.2, 0) is 0 Å². The molecule has 0 bridgehead atoms. The summed E-state index contributed by atoms with van der Waals surface area (Å²) in [7, 11) is 0. The summed E-state index contributed by atoms with van der Waals surface area (Å²) >= 11 is 4.58. The second-order valence-electron chi connectivity index (χ2n) is 1.88. The molecule has 0 aromatic heterocycles. The third kappa shape index (κ3) is 5.89. The molecule has 0 aromatic carbocycles. The fourth-order valence-corrected chi connectivity index (χ4v) is 0.680. The fraction of sp³-hybridized carbons (Fsp3) is 0.833. The molecule has 0 saturated carbocycles. The third-order valence-corrected chi connectivity index (χ3v) is 1.21. The van der Waals surface area contributed by atoms with Crippen molar-refractivity contribution in [2.45, 2.75) is 32.6 Å². The minimum absolute atomic E-state index is 0.401. The highest BCUT2D eigenvalue weighted by molar-refractivity contribution is 7.80. The number of nitrogens with one attached hydrogen (secondary N) is 1. The van der Waals surface area contributed by atoms with Gasteiger partial charge >= 0.3 is 0 Å². The van der Waals surface area contributed by atoms with Crippen LogP contribution < -0.4 is 5.73 Å².